The third kappa shape index (κ3) is 6.29. The molecule has 0 radical (unpaired) electrons. The van der Waals surface area contributed by atoms with E-state index in [0.717, 1.165) is 12.1 Å². The zero-order valence-corrected chi connectivity index (χ0v) is 19.3. The number of nitrogens with one attached hydrogen (secondary N) is 1. The Labute approximate surface area is 204 Å². The molecule has 7 nitrogen and oxygen atoms in total. The molecule has 0 aliphatic carbocycles. The molecule has 3 rings (SSSR count). The summed E-state index contributed by atoms with van der Waals surface area (Å²) in [6.45, 7) is -1.29. The van der Waals surface area contributed by atoms with Gasteiger partial charge in [0.2, 0.25) is 0 Å². The minimum absolute atomic E-state index is 0.0504. The maximum atomic E-state index is 13.1. The van der Waals surface area contributed by atoms with Crippen LogP contribution < -0.4 is 19.5 Å². The zero-order valence-electron chi connectivity index (χ0n) is 19.3. The summed E-state index contributed by atoms with van der Waals surface area (Å²) in [4.78, 5) is 29.4. The lowest BCUT2D eigenvalue weighted by Crippen LogP contribution is -2.30. The summed E-state index contributed by atoms with van der Waals surface area (Å²) in [7, 11) is 2.69. The molecule has 1 amide bonds. The van der Waals surface area contributed by atoms with Crippen molar-refractivity contribution >= 4 is 11.7 Å². The number of nitrogens with zero attached hydrogens (tertiary/aromatic N) is 1. The number of amides is 1. The van der Waals surface area contributed by atoms with Gasteiger partial charge in [-0.1, -0.05) is 12.1 Å². The molecule has 0 fully saturated rings. The molecule has 0 unspecified atom stereocenters. The Bertz CT molecular complexity index is 1250. The molecule has 1 aromatic heterocycles. The van der Waals surface area contributed by atoms with Crippen LogP contribution in [-0.2, 0) is 6.18 Å². The standard InChI is InChI=1S/C25H22F4N2O5/c1-34-21-9-7-18(31-23(21)15-4-3-5-17(12-15)25(27,28)29)19(32)14-30-24(33)16-6-8-20(36-11-10-26)22(13-16)35-2/h3-9,12-13H,10-11,14H2,1-2H3,(H,30,33). The highest BCUT2D eigenvalue weighted by molar-refractivity contribution is 6.01. The van der Waals surface area contributed by atoms with Crippen LogP contribution in [0.25, 0.3) is 11.3 Å². The summed E-state index contributed by atoms with van der Waals surface area (Å²) in [6.07, 6.45) is -4.55. The number of aromatic nitrogens is 1. The first-order valence-electron chi connectivity index (χ1n) is 10.6. The Morgan fingerprint density at radius 3 is 2.33 bits per heavy atom. The molecule has 3 aromatic rings. The Balaban J connectivity index is 1.77. The Kier molecular flexibility index (Phi) is 8.46. The summed E-state index contributed by atoms with van der Waals surface area (Å²) < 4.78 is 67.3. The second-order valence-electron chi connectivity index (χ2n) is 7.33. The largest absolute Gasteiger partial charge is 0.494 e. The Morgan fingerprint density at radius 1 is 0.944 bits per heavy atom. The summed E-state index contributed by atoms with van der Waals surface area (Å²) >= 11 is 0. The van der Waals surface area contributed by atoms with Gasteiger partial charge >= 0.3 is 6.18 Å². The summed E-state index contributed by atoms with van der Waals surface area (Å²) in [5.41, 5.74) is -0.614. The highest BCUT2D eigenvalue weighted by atomic mass is 19.4. The number of ether oxygens (including phenoxy) is 3. The number of benzene rings is 2. The maximum absolute atomic E-state index is 13.1. The smallest absolute Gasteiger partial charge is 0.416 e. The lowest BCUT2D eigenvalue weighted by molar-refractivity contribution is -0.137. The molecule has 11 heteroatoms. The van der Waals surface area contributed by atoms with Gasteiger partial charge in [0, 0.05) is 11.1 Å². The average molecular weight is 506 g/mol. The van der Waals surface area contributed by atoms with E-state index in [-0.39, 0.29) is 46.4 Å². The minimum Gasteiger partial charge on any atom is -0.494 e. The third-order valence-corrected chi connectivity index (χ3v) is 5.00. The predicted molar refractivity (Wildman–Crippen MR) is 122 cm³/mol. The van der Waals surface area contributed by atoms with Gasteiger partial charge in [0.25, 0.3) is 5.91 Å². The van der Waals surface area contributed by atoms with Crippen molar-refractivity contribution in [2.24, 2.45) is 0 Å². The van der Waals surface area contributed by atoms with E-state index in [9.17, 15) is 27.2 Å². The molecule has 36 heavy (non-hydrogen) atoms. The van der Waals surface area contributed by atoms with E-state index in [1.165, 1.54) is 56.7 Å². The number of hydrogen-bond donors (Lipinski definition) is 1. The average Bonchev–Trinajstić information content (AvgIpc) is 2.89. The van der Waals surface area contributed by atoms with Crippen LogP contribution >= 0.6 is 0 Å². The first kappa shape index (κ1) is 26.5. The van der Waals surface area contributed by atoms with Gasteiger partial charge in [-0.05, 0) is 42.5 Å². The molecule has 0 bridgehead atoms. The molecule has 190 valence electrons. The number of rotatable bonds is 10. The highest BCUT2D eigenvalue weighted by Gasteiger charge is 2.31. The number of alkyl halides is 4. The first-order chi connectivity index (χ1) is 17.2. The highest BCUT2D eigenvalue weighted by Crippen LogP contribution is 2.34. The van der Waals surface area contributed by atoms with Crippen LogP contribution in [0.3, 0.4) is 0 Å². The van der Waals surface area contributed by atoms with Gasteiger partial charge in [0.05, 0.1) is 26.3 Å². The predicted octanol–water partition coefficient (Wildman–Crippen LogP) is 4.75. The molecule has 0 saturated heterocycles. The fraction of sp³-hybridized carbons (Fsp3) is 0.240. The van der Waals surface area contributed by atoms with Crippen molar-refractivity contribution in [3.05, 3.63) is 71.4 Å². The lowest BCUT2D eigenvalue weighted by atomic mass is 10.1. The van der Waals surface area contributed by atoms with Gasteiger partial charge in [-0.15, -0.1) is 0 Å². The minimum atomic E-state index is -4.55. The Morgan fingerprint density at radius 2 is 1.67 bits per heavy atom. The summed E-state index contributed by atoms with van der Waals surface area (Å²) in [5, 5.41) is 2.46. The van der Waals surface area contributed by atoms with Crippen molar-refractivity contribution in [1.29, 1.82) is 0 Å². The van der Waals surface area contributed by atoms with Crippen LogP contribution in [0.4, 0.5) is 17.6 Å². The molecule has 1 heterocycles. The van der Waals surface area contributed by atoms with Gasteiger partial charge in [0.15, 0.2) is 17.3 Å². The first-order valence-corrected chi connectivity index (χ1v) is 10.6. The Hall–Kier alpha value is -4.15. The van der Waals surface area contributed by atoms with Crippen molar-refractivity contribution in [3.63, 3.8) is 0 Å². The SMILES string of the molecule is COc1cc(C(=O)NCC(=O)c2ccc(OC)c(-c3cccc(C(F)(F)F)c3)n2)ccc1OCCF. The van der Waals surface area contributed by atoms with Crippen molar-refractivity contribution in [2.75, 3.05) is 34.0 Å². The number of ketones is 1. The quantitative estimate of drug-likeness (QED) is 0.316. The van der Waals surface area contributed by atoms with E-state index in [0.29, 0.717) is 0 Å². The molecular formula is C25H22F4N2O5. The van der Waals surface area contributed by atoms with E-state index in [2.05, 4.69) is 10.3 Å². The van der Waals surface area contributed by atoms with Gasteiger partial charge in [0.1, 0.15) is 30.4 Å². The van der Waals surface area contributed by atoms with Crippen molar-refractivity contribution in [1.82, 2.24) is 10.3 Å². The second-order valence-corrected chi connectivity index (χ2v) is 7.33. The van der Waals surface area contributed by atoms with Crippen LogP contribution in [0.5, 0.6) is 17.2 Å². The number of carbonyl (C=O) groups is 2. The lowest BCUT2D eigenvalue weighted by Gasteiger charge is -2.13. The van der Waals surface area contributed by atoms with E-state index in [1.54, 1.807) is 0 Å². The van der Waals surface area contributed by atoms with E-state index < -0.39 is 36.6 Å². The van der Waals surface area contributed by atoms with Crippen LogP contribution in [-0.4, -0.2) is 50.7 Å². The van der Waals surface area contributed by atoms with Gasteiger partial charge < -0.3 is 19.5 Å². The maximum Gasteiger partial charge on any atom is 0.416 e. The van der Waals surface area contributed by atoms with E-state index in [1.807, 2.05) is 0 Å². The number of hydrogen-bond acceptors (Lipinski definition) is 6. The number of methoxy groups -OCH3 is 2. The fourth-order valence-electron chi connectivity index (χ4n) is 3.25. The molecule has 0 saturated carbocycles. The summed E-state index contributed by atoms with van der Waals surface area (Å²) in [5.74, 6) is -0.520. The van der Waals surface area contributed by atoms with E-state index >= 15 is 0 Å². The molecule has 0 atom stereocenters. The van der Waals surface area contributed by atoms with Crippen LogP contribution in [0, 0.1) is 0 Å². The van der Waals surface area contributed by atoms with Gasteiger partial charge in [-0.3, -0.25) is 9.59 Å². The van der Waals surface area contributed by atoms with Gasteiger partial charge in [-0.25, -0.2) is 9.37 Å². The monoisotopic (exact) mass is 506 g/mol. The fourth-order valence-corrected chi connectivity index (χ4v) is 3.25. The molecule has 2 aromatic carbocycles. The second kappa shape index (κ2) is 11.5. The van der Waals surface area contributed by atoms with Crippen LogP contribution in [0.15, 0.2) is 54.6 Å². The number of Topliss-reactive ketones (excluding diaryl/α,β-unsaturated/α-hetero) is 1. The topological polar surface area (TPSA) is 86.8 Å². The van der Waals surface area contributed by atoms with Crippen LogP contribution in [0.1, 0.15) is 26.4 Å². The van der Waals surface area contributed by atoms with Crippen molar-refractivity contribution < 1.29 is 41.4 Å². The molecule has 0 aliphatic rings. The number of carbonyl (C=O) groups excluding carboxylic acids is 2. The molecule has 0 spiro atoms. The zero-order chi connectivity index (χ0) is 26.3. The number of halogens is 4. The van der Waals surface area contributed by atoms with Crippen molar-refractivity contribution in [3.8, 4) is 28.5 Å². The van der Waals surface area contributed by atoms with Gasteiger partial charge in [-0.2, -0.15) is 13.2 Å². The van der Waals surface area contributed by atoms with Crippen LogP contribution in [0.2, 0.25) is 0 Å². The third-order valence-electron chi connectivity index (χ3n) is 5.00. The molecule has 1 N–H and O–H groups in total. The van der Waals surface area contributed by atoms with Crippen molar-refractivity contribution in [2.45, 2.75) is 6.18 Å². The van der Waals surface area contributed by atoms with E-state index in [4.69, 9.17) is 14.2 Å². The number of pyridine rings is 1. The molecular weight excluding hydrogens is 484 g/mol. The summed E-state index contributed by atoms with van der Waals surface area (Å²) in [6, 6.07) is 11.5. The molecule has 0 aliphatic heterocycles. The normalized spacial score (nSPS) is 11.1.